The summed E-state index contributed by atoms with van der Waals surface area (Å²) < 4.78 is 10.7. The van der Waals surface area contributed by atoms with E-state index in [1.165, 1.54) is 37.9 Å². The van der Waals surface area contributed by atoms with Gasteiger partial charge >= 0.3 is 0 Å². The van der Waals surface area contributed by atoms with Gasteiger partial charge in [0.05, 0.1) is 20.5 Å². The van der Waals surface area contributed by atoms with Crippen molar-refractivity contribution in [3.05, 3.63) is 96.8 Å². The largest absolute Gasteiger partial charge is 0.504 e. The third kappa shape index (κ3) is 2.98. The van der Waals surface area contributed by atoms with Gasteiger partial charge in [0, 0.05) is 0 Å². The predicted octanol–water partition coefficient (Wildman–Crippen LogP) is 7.44. The molecule has 0 saturated heterocycles. The lowest BCUT2D eigenvalue weighted by Gasteiger charge is -2.15. The summed E-state index contributed by atoms with van der Waals surface area (Å²) in [5.74, 6) is 0.824. The van der Waals surface area contributed by atoms with Crippen molar-refractivity contribution in [3.8, 4) is 16.9 Å². The molecule has 0 fully saturated rings. The number of ether oxygens (including phenoxy) is 2. The van der Waals surface area contributed by atoms with Gasteiger partial charge in [0.15, 0.2) is 0 Å². The molecule has 0 saturated carbocycles. The number of hydrogen-bond donors (Lipinski definition) is 0. The van der Waals surface area contributed by atoms with Crippen LogP contribution in [0.5, 0.6) is 5.75 Å². The molecule has 5 rings (SSSR count). The van der Waals surface area contributed by atoms with Crippen LogP contribution in [0, 0.1) is 0 Å². The number of hydrogen-bond acceptors (Lipinski definition) is 2. The van der Waals surface area contributed by atoms with Gasteiger partial charge in [0.1, 0.15) is 5.75 Å². The molecule has 5 aromatic carbocycles. The Balaban J connectivity index is 1.91. The number of fused-ring (bicyclic) bond motifs is 5. The van der Waals surface area contributed by atoms with E-state index in [9.17, 15) is 0 Å². The molecule has 0 unspecified atom stereocenters. The standard InChI is InChI=1S/C28H22O2/c1-29-16-15-20-17-21(30-2)12-14-23(20)28-18-27-22-8-4-3-7-19(22)11-13-26(27)24-9-5-6-10-25(24)28/h3-18H,1-2H3/b16-15+. The Bertz CT molecular complexity index is 1410. The van der Waals surface area contributed by atoms with Crippen LogP contribution in [-0.4, -0.2) is 14.2 Å². The Labute approximate surface area is 176 Å². The summed E-state index contributed by atoms with van der Waals surface area (Å²) in [6.45, 7) is 0. The lowest BCUT2D eigenvalue weighted by atomic mass is 9.89. The van der Waals surface area contributed by atoms with Crippen LogP contribution in [0.4, 0.5) is 0 Å². The summed E-state index contributed by atoms with van der Waals surface area (Å²) in [5, 5.41) is 7.55. The van der Waals surface area contributed by atoms with Gasteiger partial charge in [0.25, 0.3) is 0 Å². The Morgan fingerprint density at radius 2 is 1.33 bits per heavy atom. The van der Waals surface area contributed by atoms with E-state index in [0.29, 0.717) is 0 Å². The van der Waals surface area contributed by atoms with Gasteiger partial charge in [-0.15, -0.1) is 0 Å². The SMILES string of the molecule is CO/C=C/c1cc(OC)ccc1-c1cc2c3ccccc3ccc2c2ccccc12. The van der Waals surface area contributed by atoms with Crippen LogP contribution in [0.3, 0.4) is 0 Å². The van der Waals surface area contributed by atoms with E-state index in [-0.39, 0.29) is 0 Å². The Morgan fingerprint density at radius 3 is 2.13 bits per heavy atom. The Morgan fingerprint density at radius 1 is 0.600 bits per heavy atom. The van der Waals surface area contributed by atoms with Crippen molar-refractivity contribution in [1.82, 2.24) is 0 Å². The van der Waals surface area contributed by atoms with Crippen molar-refractivity contribution in [1.29, 1.82) is 0 Å². The van der Waals surface area contributed by atoms with Gasteiger partial charge in [-0.2, -0.15) is 0 Å². The molecule has 146 valence electrons. The van der Waals surface area contributed by atoms with Crippen molar-refractivity contribution in [3.63, 3.8) is 0 Å². The Kier molecular flexibility index (Phi) is 4.61. The van der Waals surface area contributed by atoms with Crippen LogP contribution in [0.25, 0.3) is 49.5 Å². The summed E-state index contributed by atoms with van der Waals surface area (Å²) in [7, 11) is 3.35. The molecule has 30 heavy (non-hydrogen) atoms. The fourth-order valence-electron chi connectivity index (χ4n) is 4.28. The zero-order valence-corrected chi connectivity index (χ0v) is 17.1. The minimum absolute atomic E-state index is 0.824. The van der Waals surface area contributed by atoms with Gasteiger partial charge in [0.2, 0.25) is 0 Å². The average molecular weight is 390 g/mol. The summed E-state index contributed by atoms with van der Waals surface area (Å²) in [6, 6.07) is 30.2. The first-order valence-electron chi connectivity index (χ1n) is 10.0. The predicted molar refractivity (Wildman–Crippen MR) is 127 cm³/mol. The second-order valence-corrected chi connectivity index (χ2v) is 7.34. The highest BCUT2D eigenvalue weighted by Crippen LogP contribution is 2.39. The molecular weight excluding hydrogens is 368 g/mol. The van der Waals surface area contributed by atoms with Gasteiger partial charge in [-0.05, 0) is 73.3 Å². The Hall–Kier alpha value is -3.78. The molecule has 0 aliphatic heterocycles. The topological polar surface area (TPSA) is 18.5 Å². The molecule has 0 atom stereocenters. The van der Waals surface area contributed by atoms with Crippen molar-refractivity contribution < 1.29 is 9.47 Å². The molecular formula is C28H22O2. The fraction of sp³-hybridized carbons (Fsp3) is 0.0714. The van der Waals surface area contributed by atoms with E-state index in [4.69, 9.17) is 9.47 Å². The first-order valence-corrected chi connectivity index (χ1v) is 10.0. The van der Waals surface area contributed by atoms with Crippen molar-refractivity contribution >= 4 is 38.4 Å². The molecule has 0 radical (unpaired) electrons. The highest BCUT2D eigenvalue weighted by atomic mass is 16.5. The first kappa shape index (κ1) is 18.3. The van der Waals surface area contributed by atoms with E-state index in [2.05, 4.69) is 72.8 Å². The molecule has 0 aliphatic rings. The van der Waals surface area contributed by atoms with Gasteiger partial charge < -0.3 is 9.47 Å². The first-order chi connectivity index (χ1) is 14.8. The van der Waals surface area contributed by atoms with Gasteiger partial charge in [-0.25, -0.2) is 0 Å². The summed E-state index contributed by atoms with van der Waals surface area (Å²) in [4.78, 5) is 0. The summed E-state index contributed by atoms with van der Waals surface area (Å²) in [6.07, 6.45) is 3.69. The smallest absolute Gasteiger partial charge is 0.119 e. The maximum atomic E-state index is 5.47. The zero-order chi connectivity index (χ0) is 20.5. The van der Waals surface area contributed by atoms with Crippen LogP contribution >= 0.6 is 0 Å². The highest BCUT2D eigenvalue weighted by molar-refractivity contribution is 6.21. The van der Waals surface area contributed by atoms with E-state index in [1.807, 2.05) is 18.2 Å². The molecule has 0 spiro atoms. The molecule has 0 heterocycles. The van der Waals surface area contributed by atoms with Crippen LogP contribution in [0.1, 0.15) is 5.56 Å². The zero-order valence-electron chi connectivity index (χ0n) is 17.1. The van der Waals surface area contributed by atoms with Crippen LogP contribution in [0.15, 0.2) is 91.2 Å². The van der Waals surface area contributed by atoms with Gasteiger partial charge in [-0.1, -0.05) is 66.7 Å². The molecule has 0 aliphatic carbocycles. The van der Waals surface area contributed by atoms with Crippen LogP contribution in [-0.2, 0) is 4.74 Å². The lowest BCUT2D eigenvalue weighted by Crippen LogP contribution is -1.90. The number of benzene rings is 5. The molecule has 0 aromatic heterocycles. The van der Waals surface area contributed by atoms with E-state index >= 15 is 0 Å². The summed E-state index contributed by atoms with van der Waals surface area (Å²) >= 11 is 0. The third-order valence-electron chi connectivity index (χ3n) is 5.70. The summed E-state index contributed by atoms with van der Waals surface area (Å²) in [5.41, 5.74) is 3.41. The average Bonchev–Trinajstić information content (AvgIpc) is 2.81. The third-order valence-corrected chi connectivity index (χ3v) is 5.70. The molecule has 5 aromatic rings. The molecule has 0 N–H and O–H groups in total. The minimum Gasteiger partial charge on any atom is -0.504 e. The van der Waals surface area contributed by atoms with E-state index in [1.54, 1.807) is 20.5 Å². The van der Waals surface area contributed by atoms with Gasteiger partial charge in [-0.3, -0.25) is 0 Å². The lowest BCUT2D eigenvalue weighted by molar-refractivity contribution is 0.341. The number of methoxy groups -OCH3 is 2. The van der Waals surface area contributed by atoms with E-state index < -0.39 is 0 Å². The maximum absolute atomic E-state index is 5.47. The second-order valence-electron chi connectivity index (χ2n) is 7.34. The number of rotatable bonds is 4. The van der Waals surface area contributed by atoms with Crippen molar-refractivity contribution in [2.75, 3.05) is 14.2 Å². The molecule has 0 amide bonds. The molecule has 2 nitrogen and oxygen atoms in total. The highest BCUT2D eigenvalue weighted by Gasteiger charge is 2.13. The van der Waals surface area contributed by atoms with Crippen LogP contribution < -0.4 is 4.74 Å². The molecule has 0 bridgehead atoms. The second kappa shape index (κ2) is 7.57. The van der Waals surface area contributed by atoms with Crippen molar-refractivity contribution in [2.24, 2.45) is 0 Å². The van der Waals surface area contributed by atoms with Crippen LogP contribution in [0.2, 0.25) is 0 Å². The van der Waals surface area contributed by atoms with Crippen molar-refractivity contribution in [2.45, 2.75) is 0 Å². The van der Waals surface area contributed by atoms with E-state index in [0.717, 1.165) is 16.9 Å². The molecule has 2 heteroatoms. The monoisotopic (exact) mass is 390 g/mol. The minimum atomic E-state index is 0.824. The maximum Gasteiger partial charge on any atom is 0.119 e. The fourth-order valence-corrected chi connectivity index (χ4v) is 4.28. The quantitative estimate of drug-likeness (QED) is 0.234. The normalized spacial score (nSPS) is 11.5.